The van der Waals surface area contributed by atoms with Crippen LogP contribution in [0.5, 0.6) is 0 Å². The van der Waals surface area contributed by atoms with Gasteiger partial charge in [0.25, 0.3) is 0 Å². The zero-order valence-electron chi connectivity index (χ0n) is 9.14. The van der Waals surface area contributed by atoms with Gasteiger partial charge in [-0.1, -0.05) is 27.2 Å². The summed E-state index contributed by atoms with van der Waals surface area (Å²) in [6, 6.07) is 9.88. The molecular formula is C12H10BrN3O. The molecule has 0 spiro atoms. The molecule has 0 aliphatic heterocycles. The van der Waals surface area contributed by atoms with E-state index in [1.54, 1.807) is 6.07 Å². The summed E-state index contributed by atoms with van der Waals surface area (Å²) in [6.45, 7) is 0. The van der Waals surface area contributed by atoms with Gasteiger partial charge in [-0.25, -0.2) is 0 Å². The highest BCUT2D eigenvalue weighted by atomic mass is 79.9. The van der Waals surface area contributed by atoms with Crippen molar-refractivity contribution in [1.29, 1.82) is 0 Å². The van der Waals surface area contributed by atoms with E-state index in [9.17, 15) is 0 Å². The number of hydrogen-bond donors (Lipinski definition) is 1. The second-order valence-corrected chi connectivity index (χ2v) is 4.73. The van der Waals surface area contributed by atoms with Gasteiger partial charge in [0, 0.05) is 28.5 Å². The monoisotopic (exact) mass is 291 g/mol. The Bertz CT molecular complexity index is 699. The van der Waals surface area contributed by atoms with Crippen molar-refractivity contribution in [1.82, 2.24) is 9.72 Å². The van der Waals surface area contributed by atoms with E-state index in [-0.39, 0.29) is 0 Å². The average molecular weight is 292 g/mol. The van der Waals surface area contributed by atoms with E-state index < -0.39 is 0 Å². The molecule has 2 aromatic heterocycles. The summed E-state index contributed by atoms with van der Waals surface area (Å²) in [5.74, 6) is 0.323. The topological polar surface area (TPSA) is 57.0 Å². The van der Waals surface area contributed by atoms with E-state index in [1.807, 2.05) is 19.2 Å². The maximum atomic E-state index is 5.54. The van der Waals surface area contributed by atoms with Gasteiger partial charge in [0.1, 0.15) is 5.69 Å². The molecule has 0 saturated carbocycles. The molecule has 2 heterocycles. The predicted molar refractivity (Wildman–Crippen MR) is 70.5 cm³/mol. The quantitative estimate of drug-likeness (QED) is 0.749. The number of nitrogens with zero attached hydrogens (tertiary/aromatic N) is 2. The lowest BCUT2D eigenvalue weighted by Crippen LogP contribution is -1.90. The van der Waals surface area contributed by atoms with Gasteiger partial charge in [-0.3, -0.25) is 0 Å². The molecule has 3 rings (SSSR count). The minimum Gasteiger partial charge on any atom is -0.368 e. The first-order valence-electron chi connectivity index (χ1n) is 5.13. The van der Waals surface area contributed by atoms with Crippen molar-refractivity contribution in [2.24, 2.45) is 7.05 Å². The number of halogens is 1. The largest absolute Gasteiger partial charge is 0.368 e. The zero-order valence-corrected chi connectivity index (χ0v) is 10.7. The minimum atomic E-state index is 0.323. The summed E-state index contributed by atoms with van der Waals surface area (Å²) in [5, 5.41) is 5.08. The molecule has 0 fully saturated rings. The Balaban J connectivity index is 2.31. The molecule has 2 N–H and O–H groups in total. The number of nitrogen functional groups attached to an aromatic ring is 1. The highest BCUT2D eigenvalue weighted by Gasteiger charge is 2.12. The van der Waals surface area contributed by atoms with Crippen LogP contribution < -0.4 is 5.73 Å². The fourth-order valence-electron chi connectivity index (χ4n) is 1.98. The number of nitrogens with two attached hydrogens (primary N) is 1. The Labute approximate surface area is 106 Å². The van der Waals surface area contributed by atoms with E-state index in [2.05, 4.69) is 37.8 Å². The summed E-state index contributed by atoms with van der Waals surface area (Å²) >= 11 is 3.54. The molecule has 0 amide bonds. The van der Waals surface area contributed by atoms with Crippen molar-refractivity contribution in [2.75, 3.05) is 5.73 Å². The molecule has 5 heteroatoms. The van der Waals surface area contributed by atoms with Crippen molar-refractivity contribution < 1.29 is 4.52 Å². The lowest BCUT2D eigenvalue weighted by molar-refractivity contribution is 0.439. The van der Waals surface area contributed by atoms with Crippen LogP contribution >= 0.6 is 15.9 Å². The van der Waals surface area contributed by atoms with Crippen LogP contribution in [-0.4, -0.2) is 9.72 Å². The Morgan fingerprint density at radius 3 is 2.82 bits per heavy atom. The third-order valence-electron chi connectivity index (χ3n) is 2.82. The molecule has 0 aliphatic rings. The molecule has 0 radical (unpaired) electrons. The fourth-order valence-corrected chi connectivity index (χ4v) is 2.45. The van der Waals surface area contributed by atoms with E-state index in [1.165, 1.54) is 0 Å². The lowest BCUT2D eigenvalue weighted by Gasteiger charge is -2.00. The van der Waals surface area contributed by atoms with E-state index in [0.29, 0.717) is 5.88 Å². The Hall–Kier alpha value is -1.75. The van der Waals surface area contributed by atoms with Crippen molar-refractivity contribution in [2.45, 2.75) is 0 Å². The standard InChI is InChI=1S/C12H10BrN3O/c1-16-10-4-2-3-8(13)7(10)5-11(16)9-6-12(14)17-15-9/h2-6H,14H2,1H3. The summed E-state index contributed by atoms with van der Waals surface area (Å²) in [7, 11) is 2.00. The van der Waals surface area contributed by atoms with Crippen LogP contribution in [-0.2, 0) is 7.05 Å². The summed E-state index contributed by atoms with van der Waals surface area (Å²) in [6.07, 6.45) is 0. The van der Waals surface area contributed by atoms with Crippen LogP contribution in [0.25, 0.3) is 22.3 Å². The SMILES string of the molecule is Cn1c(-c2cc(N)on2)cc2c(Br)cccc21. The molecule has 17 heavy (non-hydrogen) atoms. The molecule has 86 valence electrons. The number of aromatic nitrogens is 2. The summed E-state index contributed by atoms with van der Waals surface area (Å²) < 4.78 is 8.03. The van der Waals surface area contributed by atoms with Gasteiger partial charge in [0.05, 0.1) is 5.69 Å². The van der Waals surface area contributed by atoms with Crippen molar-refractivity contribution in [3.63, 3.8) is 0 Å². The number of fused-ring (bicyclic) bond motifs is 1. The molecule has 0 unspecified atom stereocenters. The average Bonchev–Trinajstić information content (AvgIpc) is 2.85. The van der Waals surface area contributed by atoms with Crippen molar-refractivity contribution >= 4 is 32.7 Å². The third-order valence-corrected chi connectivity index (χ3v) is 3.52. The molecule has 3 aromatic rings. The van der Waals surface area contributed by atoms with Gasteiger partial charge >= 0.3 is 0 Å². The van der Waals surface area contributed by atoms with Gasteiger partial charge in [-0.05, 0) is 18.2 Å². The lowest BCUT2D eigenvalue weighted by atomic mass is 10.2. The third kappa shape index (κ3) is 1.54. The van der Waals surface area contributed by atoms with Crippen LogP contribution in [0.4, 0.5) is 5.88 Å². The van der Waals surface area contributed by atoms with Gasteiger partial charge in [0.2, 0.25) is 5.88 Å². The number of aryl methyl sites for hydroxylation is 1. The predicted octanol–water partition coefficient (Wildman–Crippen LogP) is 3.18. The smallest absolute Gasteiger partial charge is 0.222 e. The molecule has 0 bridgehead atoms. The van der Waals surface area contributed by atoms with E-state index in [4.69, 9.17) is 10.3 Å². The van der Waals surface area contributed by atoms with Crippen LogP contribution in [0.15, 0.2) is 39.3 Å². The number of hydrogen-bond acceptors (Lipinski definition) is 3. The first kappa shape index (κ1) is 10.4. The zero-order chi connectivity index (χ0) is 12.0. The van der Waals surface area contributed by atoms with Gasteiger partial charge in [0.15, 0.2) is 0 Å². The summed E-state index contributed by atoms with van der Waals surface area (Å²) in [5.41, 5.74) is 8.40. The van der Waals surface area contributed by atoms with Crippen LogP contribution in [0.1, 0.15) is 0 Å². The molecule has 0 atom stereocenters. The highest BCUT2D eigenvalue weighted by molar-refractivity contribution is 9.10. The Kier molecular flexibility index (Phi) is 2.22. The highest BCUT2D eigenvalue weighted by Crippen LogP contribution is 2.31. The fraction of sp³-hybridized carbons (Fsp3) is 0.0833. The second kappa shape index (κ2) is 3.63. The molecule has 0 aliphatic carbocycles. The maximum Gasteiger partial charge on any atom is 0.222 e. The van der Waals surface area contributed by atoms with E-state index in [0.717, 1.165) is 26.8 Å². The first-order valence-corrected chi connectivity index (χ1v) is 5.92. The van der Waals surface area contributed by atoms with Crippen molar-refractivity contribution in [3.8, 4) is 11.4 Å². The Morgan fingerprint density at radius 1 is 1.35 bits per heavy atom. The minimum absolute atomic E-state index is 0.323. The van der Waals surface area contributed by atoms with Crippen LogP contribution in [0.3, 0.4) is 0 Å². The van der Waals surface area contributed by atoms with Crippen LogP contribution in [0.2, 0.25) is 0 Å². The molecule has 1 aromatic carbocycles. The molecule has 4 nitrogen and oxygen atoms in total. The van der Waals surface area contributed by atoms with Gasteiger partial charge in [-0.15, -0.1) is 0 Å². The number of rotatable bonds is 1. The molecular weight excluding hydrogens is 282 g/mol. The molecule has 0 saturated heterocycles. The van der Waals surface area contributed by atoms with Gasteiger partial charge < -0.3 is 14.8 Å². The number of benzene rings is 1. The van der Waals surface area contributed by atoms with Crippen LogP contribution in [0, 0.1) is 0 Å². The first-order chi connectivity index (χ1) is 8.16. The Morgan fingerprint density at radius 2 is 2.18 bits per heavy atom. The normalized spacial score (nSPS) is 11.2. The van der Waals surface area contributed by atoms with Gasteiger partial charge in [-0.2, -0.15) is 0 Å². The van der Waals surface area contributed by atoms with Crippen molar-refractivity contribution in [3.05, 3.63) is 34.8 Å². The van der Waals surface area contributed by atoms with E-state index >= 15 is 0 Å². The maximum absolute atomic E-state index is 5.54. The number of anilines is 1. The summed E-state index contributed by atoms with van der Waals surface area (Å²) in [4.78, 5) is 0. The second-order valence-electron chi connectivity index (χ2n) is 3.88.